The number of carboxylic acids is 1. The zero-order valence-corrected chi connectivity index (χ0v) is 11.8. The molecule has 114 valence electrons. The number of fused-ring (bicyclic) bond motifs is 1. The topological polar surface area (TPSA) is 98.3 Å². The fourth-order valence-corrected chi connectivity index (χ4v) is 3.13. The first-order chi connectivity index (χ1) is 10.2. The van der Waals surface area contributed by atoms with Crippen LogP contribution in [0.25, 0.3) is 0 Å². The number of amides is 1. The van der Waals surface area contributed by atoms with Gasteiger partial charge in [0.25, 0.3) is 0 Å². The number of imidazole rings is 1. The minimum absolute atomic E-state index is 0.107. The smallest absolute Gasteiger partial charge is 0.326 e. The van der Waals surface area contributed by atoms with Gasteiger partial charge in [0.1, 0.15) is 6.04 Å². The molecule has 2 atom stereocenters. The molecule has 2 aliphatic rings. The molecule has 1 fully saturated rings. The summed E-state index contributed by atoms with van der Waals surface area (Å²) in [4.78, 5) is 32.8. The summed E-state index contributed by atoms with van der Waals surface area (Å²) in [5.74, 6) is -1.07. The molecule has 0 bridgehead atoms. The van der Waals surface area contributed by atoms with E-state index in [2.05, 4.69) is 15.3 Å². The van der Waals surface area contributed by atoms with Crippen molar-refractivity contribution in [2.45, 2.75) is 50.7 Å². The van der Waals surface area contributed by atoms with Crippen LogP contribution in [-0.4, -0.2) is 50.5 Å². The van der Waals surface area contributed by atoms with Crippen LogP contribution >= 0.6 is 0 Å². The van der Waals surface area contributed by atoms with E-state index in [0.717, 1.165) is 43.6 Å². The zero-order chi connectivity index (χ0) is 14.8. The Morgan fingerprint density at radius 1 is 1.33 bits per heavy atom. The molecule has 3 N–H and O–H groups in total. The number of hydrogen-bond donors (Lipinski definition) is 3. The van der Waals surface area contributed by atoms with Gasteiger partial charge in [0.15, 0.2) is 0 Å². The lowest BCUT2D eigenvalue weighted by molar-refractivity contribution is -0.152. The number of rotatable bonds is 2. The molecular formula is C14H20N4O3. The van der Waals surface area contributed by atoms with Crippen LogP contribution in [0.3, 0.4) is 0 Å². The lowest BCUT2D eigenvalue weighted by Crippen LogP contribution is -2.54. The summed E-state index contributed by atoms with van der Waals surface area (Å²) < 4.78 is 0. The molecule has 0 radical (unpaired) electrons. The van der Waals surface area contributed by atoms with Crippen molar-refractivity contribution in [2.75, 3.05) is 6.54 Å². The molecule has 0 aliphatic carbocycles. The number of carbonyl (C=O) groups excluding carboxylic acids is 1. The fourth-order valence-electron chi connectivity index (χ4n) is 3.13. The van der Waals surface area contributed by atoms with Crippen molar-refractivity contribution in [3.05, 3.63) is 17.7 Å². The van der Waals surface area contributed by atoms with E-state index in [-0.39, 0.29) is 18.4 Å². The largest absolute Gasteiger partial charge is 0.480 e. The van der Waals surface area contributed by atoms with Crippen molar-refractivity contribution < 1.29 is 14.7 Å². The lowest BCUT2D eigenvalue weighted by atomic mass is 10.0. The second-order valence-corrected chi connectivity index (χ2v) is 5.71. The molecule has 7 heteroatoms. The molecule has 0 spiro atoms. The van der Waals surface area contributed by atoms with Crippen molar-refractivity contribution in [1.29, 1.82) is 0 Å². The number of aromatic nitrogens is 2. The van der Waals surface area contributed by atoms with Crippen LogP contribution in [-0.2, 0) is 22.6 Å². The van der Waals surface area contributed by atoms with Gasteiger partial charge in [-0.15, -0.1) is 0 Å². The van der Waals surface area contributed by atoms with E-state index < -0.39 is 12.0 Å². The molecule has 0 saturated carbocycles. The van der Waals surface area contributed by atoms with E-state index in [9.17, 15) is 14.7 Å². The Labute approximate surface area is 122 Å². The van der Waals surface area contributed by atoms with Crippen LogP contribution in [0.1, 0.15) is 37.1 Å². The third-order valence-corrected chi connectivity index (χ3v) is 4.33. The Morgan fingerprint density at radius 2 is 2.19 bits per heavy atom. The van der Waals surface area contributed by atoms with Crippen molar-refractivity contribution in [3.8, 4) is 0 Å². The number of nitrogens with zero attached hydrogens (tertiary/aromatic N) is 2. The average molecular weight is 292 g/mol. The minimum Gasteiger partial charge on any atom is -0.480 e. The molecule has 3 heterocycles. The molecule has 1 amide bonds. The van der Waals surface area contributed by atoms with E-state index in [1.807, 2.05) is 0 Å². The number of aliphatic carboxylic acids is 1. The minimum atomic E-state index is -0.967. The van der Waals surface area contributed by atoms with Crippen molar-refractivity contribution in [3.63, 3.8) is 0 Å². The molecule has 0 aromatic carbocycles. The van der Waals surface area contributed by atoms with Gasteiger partial charge in [0.2, 0.25) is 5.91 Å². The predicted octanol–water partition coefficient (Wildman–Crippen LogP) is 0.280. The van der Waals surface area contributed by atoms with E-state index in [0.29, 0.717) is 6.54 Å². The molecule has 1 aromatic rings. The van der Waals surface area contributed by atoms with Gasteiger partial charge in [-0.05, 0) is 19.4 Å². The monoisotopic (exact) mass is 292 g/mol. The molecule has 1 saturated heterocycles. The van der Waals surface area contributed by atoms with Crippen LogP contribution in [0.15, 0.2) is 6.33 Å². The van der Waals surface area contributed by atoms with Crippen molar-refractivity contribution in [2.24, 2.45) is 0 Å². The Balaban J connectivity index is 1.81. The quantitative estimate of drug-likeness (QED) is 0.727. The SMILES string of the molecule is O=C(O)C1Cc2nc[nH]c2CN1C(=O)C1CCCCCN1. The van der Waals surface area contributed by atoms with E-state index >= 15 is 0 Å². The van der Waals surface area contributed by atoms with Gasteiger partial charge in [0, 0.05) is 6.42 Å². The van der Waals surface area contributed by atoms with Gasteiger partial charge >= 0.3 is 5.97 Å². The second kappa shape index (κ2) is 5.85. The van der Waals surface area contributed by atoms with Crippen LogP contribution in [0, 0.1) is 0 Å². The molecule has 3 rings (SSSR count). The number of nitrogens with one attached hydrogen (secondary N) is 2. The van der Waals surface area contributed by atoms with Crippen LogP contribution in [0.5, 0.6) is 0 Å². The summed E-state index contributed by atoms with van der Waals surface area (Å²) in [6.45, 7) is 1.11. The van der Waals surface area contributed by atoms with Crippen LogP contribution < -0.4 is 5.32 Å². The Morgan fingerprint density at radius 3 is 3.00 bits per heavy atom. The summed E-state index contributed by atoms with van der Waals surface area (Å²) in [5, 5.41) is 12.7. The van der Waals surface area contributed by atoms with Crippen LogP contribution in [0.4, 0.5) is 0 Å². The van der Waals surface area contributed by atoms with Gasteiger partial charge in [0.05, 0.1) is 30.3 Å². The first-order valence-electron chi connectivity index (χ1n) is 7.44. The highest BCUT2D eigenvalue weighted by atomic mass is 16.4. The van der Waals surface area contributed by atoms with Gasteiger partial charge in [-0.3, -0.25) is 4.79 Å². The average Bonchev–Trinajstić information content (AvgIpc) is 2.76. The Bertz CT molecular complexity index is 534. The van der Waals surface area contributed by atoms with Gasteiger partial charge in [-0.2, -0.15) is 0 Å². The Kier molecular flexibility index (Phi) is 3.92. The maximum absolute atomic E-state index is 12.7. The highest BCUT2D eigenvalue weighted by molar-refractivity contribution is 5.87. The lowest BCUT2D eigenvalue weighted by Gasteiger charge is -2.34. The number of hydrogen-bond acceptors (Lipinski definition) is 4. The summed E-state index contributed by atoms with van der Waals surface area (Å²) in [6.07, 6.45) is 5.79. The first kappa shape index (κ1) is 14.1. The zero-order valence-electron chi connectivity index (χ0n) is 11.8. The van der Waals surface area contributed by atoms with Gasteiger partial charge in [-0.1, -0.05) is 12.8 Å². The normalized spacial score (nSPS) is 26.0. The first-order valence-corrected chi connectivity index (χ1v) is 7.44. The number of aromatic amines is 1. The summed E-state index contributed by atoms with van der Waals surface area (Å²) >= 11 is 0. The highest BCUT2D eigenvalue weighted by Gasteiger charge is 2.38. The van der Waals surface area contributed by atoms with Gasteiger partial charge in [-0.25, -0.2) is 9.78 Å². The molecule has 2 unspecified atom stereocenters. The predicted molar refractivity (Wildman–Crippen MR) is 74.5 cm³/mol. The molecule has 21 heavy (non-hydrogen) atoms. The summed E-state index contributed by atoms with van der Waals surface area (Å²) in [7, 11) is 0. The van der Waals surface area contributed by atoms with E-state index in [4.69, 9.17) is 0 Å². The fraction of sp³-hybridized carbons (Fsp3) is 0.643. The Hall–Kier alpha value is -1.89. The molecule has 7 nitrogen and oxygen atoms in total. The maximum atomic E-state index is 12.7. The third kappa shape index (κ3) is 2.78. The molecule has 1 aromatic heterocycles. The van der Waals surface area contributed by atoms with Crippen LogP contribution in [0.2, 0.25) is 0 Å². The number of carboxylic acid groups (broad SMARTS) is 1. The van der Waals surface area contributed by atoms with Gasteiger partial charge < -0.3 is 20.3 Å². The van der Waals surface area contributed by atoms with E-state index in [1.165, 1.54) is 4.90 Å². The second-order valence-electron chi connectivity index (χ2n) is 5.71. The standard InChI is InChI=1S/C14H20N4O3/c19-13(9-4-2-1-3-5-15-9)18-7-11-10(16-8-17-11)6-12(18)14(20)21/h8-9,12,15H,1-7H2,(H,16,17)(H,20,21). The summed E-state index contributed by atoms with van der Waals surface area (Å²) in [6, 6.07) is -1.09. The molecule has 2 aliphatic heterocycles. The number of carbonyl (C=O) groups is 2. The van der Waals surface area contributed by atoms with E-state index in [1.54, 1.807) is 6.33 Å². The van der Waals surface area contributed by atoms with Crippen molar-refractivity contribution >= 4 is 11.9 Å². The van der Waals surface area contributed by atoms with Crippen molar-refractivity contribution in [1.82, 2.24) is 20.2 Å². The third-order valence-electron chi connectivity index (χ3n) is 4.33. The maximum Gasteiger partial charge on any atom is 0.326 e. The highest BCUT2D eigenvalue weighted by Crippen LogP contribution is 2.23. The molecular weight excluding hydrogens is 272 g/mol. The number of H-pyrrole nitrogens is 1. The summed E-state index contributed by atoms with van der Waals surface area (Å²) in [5.41, 5.74) is 1.59.